The van der Waals surface area contributed by atoms with E-state index in [2.05, 4.69) is 5.32 Å². The van der Waals surface area contributed by atoms with Gasteiger partial charge in [-0.15, -0.1) is 0 Å². The average molecular weight is 174 g/mol. The number of carbonyl (C=O) groups excluding carboxylic acids is 1. The van der Waals surface area contributed by atoms with Crippen molar-refractivity contribution in [3.05, 3.63) is 0 Å². The van der Waals surface area contributed by atoms with Crippen LogP contribution >= 0.6 is 0 Å². The molecule has 0 saturated heterocycles. The standard InChI is InChI=1S/C7H14N2O3/c1-9-5(7(11)12)3-2-4-6(8)10/h5,9H,2-4H2,1H3,(H2,8,10)(H,11,12)/t5-/m0/s1. The van der Waals surface area contributed by atoms with Gasteiger partial charge in [0.15, 0.2) is 0 Å². The molecule has 1 atom stereocenters. The lowest BCUT2D eigenvalue weighted by Gasteiger charge is -2.09. The number of nitrogens with two attached hydrogens (primary N) is 1. The smallest absolute Gasteiger partial charge is 0.320 e. The lowest BCUT2D eigenvalue weighted by atomic mass is 10.1. The summed E-state index contributed by atoms with van der Waals surface area (Å²) in [7, 11) is 1.57. The van der Waals surface area contributed by atoms with Crippen molar-refractivity contribution in [2.75, 3.05) is 7.05 Å². The van der Waals surface area contributed by atoms with Crippen LogP contribution < -0.4 is 11.1 Å². The van der Waals surface area contributed by atoms with Crippen molar-refractivity contribution in [2.24, 2.45) is 5.73 Å². The molecule has 0 aliphatic carbocycles. The molecule has 5 nitrogen and oxygen atoms in total. The molecule has 0 aromatic heterocycles. The summed E-state index contributed by atoms with van der Waals surface area (Å²) in [5.74, 6) is -1.29. The molecule has 0 aliphatic rings. The first-order valence-corrected chi connectivity index (χ1v) is 3.76. The minimum absolute atomic E-state index is 0.242. The summed E-state index contributed by atoms with van der Waals surface area (Å²) >= 11 is 0. The van der Waals surface area contributed by atoms with Crippen LogP contribution in [0.3, 0.4) is 0 Å². The van der Waals surface area contributed by atoms with Gasteiger partial charge in [-0.2, -0.15) is 0 Å². The summed E-state index contributed by atoms with van der Waals surface area (Å²) in [6.07, 6.45) is 1.17. The van der Waals surface area contributed by atoms with Crippen molar-refractivity contribution in [1.29, 1.82) is 0 Å². The molecule has 4 N–H and O–H groups in total. The Hall–Kier alpha value is -1.10. The van der Waals surface area contributed by atoms with Crippen molar-refractivity contribution in [2.45, 2.75) is 25.3 Å². The topological polar surface area (TPSA) is 92.4 Å². The first kappa shape index (κ1) is 10.9. The van der Waals surface area contributed by atoms with Gasteiger partial charge in [0.1, 0.15) is 6.04 Å². The van der Waals surface area contributed by atoms with Crippen LogP contribution in [0.4, 0.5) is 0 Å². The number of carboxylic acids is 1. The minimum Gasteiger partial charge on any atom is -0.480 e. The fourth-order valence-corrected chi connectivity index (χ4v) is 0.872. The summed E-state index contributed by atoms with van der Waals surface area (Å²) in [6, 6.07) is -0.579. The Bertz CT molecular complexity index is 170. The van der Waals surface area contributed by atoms with Crippen LogP contribution in [-0.4, -0.2) is 30.1 Å². The van der Waals surface area contributed by atoms with Crippen LogP contribution in [0.1, 0.15) is 19.3 Å². The van der Waals surface area contributed by atoms with Crippen LogP contribution in [0, 0.1) is 0 Å². The molecule has 70 valence electrons. The van der Waals surface area contributed by atoms with Gasteiger partial charge in [-0.25, -0.2) is 0 Å². The van der Waals surface area contributed by atoms with Crippen molar-refractivity contribution in [3.63, 3.8) is 0 Å². The number of hydrogen-bond donors (Lipinski definition) is 3. The lowest BCUT2D eigenvalue weighted by molar-refractivity contribution is -0.139. The second-order valence-electron chi connectivity index (χ2n) is 2.54. The lowest BCUT2D eigenvalue weighted by Crippen LogP contribution is -2.33. The maximum Gasteiger partial charge on any atom is 0.320 e. The maximum atomic E-state index is 10.4. The first-order valence-electron chi connectivity index (χ1n) is 3.76. The number of rotatable bonds is 6. The van der Waals surface area contributed by atoms with Gasteiger partial charge in [0, 0.05) is 6.42 Å². The van der Waals surface area contributed by atoms with Crippen molar-refractivity contribution in [3.8, 4) is 0 Å². The van der Waals surface area contributed by atoms with Gasteiger partial charge in [0.25, 0.3) is 0 Å². The molecule has 12 heavy (non-hydrogen) atoms. The fourth-order valence-electron chi connectivity index (χ4n) is 0.872. The summed E-state index contributed by atoms with van der Waals surface area (Å²) in [5.41, 5.74) is 4.89. The van der Waals surface area contributed by atoms with E-state index in [0.717, 1.165) is 0 Å². The highest BCUT2D eigenvalue weighted by atomic mass is 16.4. The van der Waals surface area contributed by atoms with E-state index in [1.165, 1.54) is 0 Å². The highest BCUT2D eigenvalue weighted by Crippen LogP contribution is 1.99. The van der Waals surface area contributed by atoms with Crippen molar-refractivity contribution < 1.29 is 14.7 Å². The summed E-state index contributed by atoms with van der Waals surface area (Å²) in [6.45, 7) is 0. The van der Waals surface area contributed by atoms with Crippen molar-refractivity contribution in [1.82, 2.24) is 5.32 Å². The fraction of sp³-hybridized carbons (Fsp3) is 0.714. The monoisotopic (exact) mass is 174 g/mol. The van der Waals surface area contributed by atoms with Crippen LogP contribution in [0.25, 0.3) is 0 Å². The van der Waals surface area contributed by atoms with Crippen LogP contribution in [0.2, 0.25) is 0 Å². The van der Waals surface area contributed by atoms with Crippen LogP contribution in [0.15, 0.2) is 0 Å². The average Bonchev–Trinajstić information content (AvgIpc) is 1.96. The third kappa shape index (κ3) is 4.68. The van der Waals surface area contributed by atoms with Gasteiger partial charge in [0.05, 0.1) is 0 Å². The van der Waals surface area contributed by atoms with Crippen LogP contribution in [-0.2, 0) is 9.59 Å². The van der Waals surface area contributed by atoms with Gasteiger partial charge < -0.3 is 16.2 Å². The number of amides is 1. The Labute approximate surface area is 70.9 Å². The van der Waals surface area contributed by atoms with E-state index in [-0.39, 0.29) is 6.42 Å². The van der Waals surface area contributed by atoms with Gasteiger partial charge in [-0.1, -0.05) is 0 Å². The predicted octanol–water partition coefficient (Wildman–Crippen LogP) is -0.685. The normalized spacial score (nSPS) is 12.4. The molecule has 0 aromatic carbocycles. The van der Waals surface area contributed by atoms with E-state index in [1.54, 1.807) is 7.05 Å². The zero-order chi connectivity index (χ0) is 9.56. The first-order chi connectivity index (χ1) is 5.57. The Morgan fingerprint density at radius 1 is 1.58 bits per heavy atom. The largest absolute Gasteiger partial charge is 0.480 e. The highest BCUT2D eigenvalue weighted by Gasteiger charge is 2.13. The second kappa shape index (κ2) is 5.54. The number of nitrogens with one attached hydrogen (secondary N) is 1. The number of likely N-dealkylation sites (N-methyl/N-ethyl adjacent to an activating group) is 1. The molecule has 0 unspecified atom stereocenters. The molecule has 0 rings (SSSR count). The Kier molecular flexibility index (Phi) is 5.03. The number of carboxylic acid groups (broad SMARTS) is 1. The highest BCUT2D eigenvalue weighted by molar-refractivity contribution is 5.74. The summed E-state index contributed by atoms with van der Waals surface area (Å²) < 4.78 is 0. The number of hydrogen-bond acceptors (Lipinski definition) is 3. The molecule has 0 spiro atoms. The van der Waals surface area contributed by atoms with Crippen LogP contribution in [0.5, 0.6) is 0 Å². The van der Waals surface area contributed by atoms with Gasteiger partial charge >= 0.3 is 5.97 Å². The molecule has 0 aliphatic heterocycles. The molecule has 0 aromatic rings. The predicted molar refractivity (Wildman–Crippen MR) is 43.5 cm³/mol. The third-order valence-electron chi connectivity index (χ3n) is 1.56. The number of carbonyl (C=O) groups is 2. The Balaban J connectivity index is 3.59. The second-order valence-corrected chi connectivity index (χ2v) is 2.54. The maximum absolute atomic E-state index is 10.4. The zero-order valence-corrected chi connectivity index (χ0v) is 7.04. The molecule has 5 heteroatoms. The number of aliphatic carboxylic acids is 1. The molecule has 0 bridgehead atoms. The molecule has 1 amide bonds. The molecule has 0 saturated carbocycles. The van der Waals surface area contributed by atoms with Gasteiger partial charge in [-0.3, -0.25) is 9.59 Å². The van der Waals surface area contributed by atoms with E-state index < -0.39 is 17.9 Å². The third-order valence-corrected chi connectivity index (χ3v) is 1.56. The van der Waals surface area contributed by atoms with Gasteiger partial charge in [0.2, 0.25) is 5.91 Å². The van der Waals surface area contributed by atoms with E-state index in [1.807, 2.05) is 0 Å². The van der Waals surface area contributed by atoms with E-state index >= 15 is 0 Å². The van der Waals surface area contributed by atoms with E-state index in [9.17, 15) is 9.59 Å². The quantitative estimate of drug-likeness (QED) is 0.497. The number of primary amides is 1. The van der Waals surface area contributed by atoms with E-state index in [0.29, 0.717) is 12.8 Å². The Morgan fingerprint density at radius 2 is 2.17 bits per heavy atom. The molecule has 0 heterocycles. The summed E-state index contributed by atoms with van der Waals surface area (Å²) in [4.78, 5) is 20.7. The molecular weight excluding hydrogens is 160 g/mol. The molecule has 0 fully saturated rings. The van der Waals surface area contributed by atoms with Crippen molar-refractivity contribution >= 4 is 11.9 Å². The molecular formula is C7H14N2O3. The van der Waals surface area contributed by atoms with Gasteiger partial charge in [-0.05, 0) is 19.9 Å². The minimum atomic E-state index is -0.901. The van der Waals surface area contributed by atoms with E-state index in [4.69, 9.17) is 10.8 Å². The Morgan fingerprint density at radius 3 is 2.50 bits per heavy atom. The zero-order valence-electron chi connectivity index (χ0n) is 7.04. The summed E-state index contributed by atoms with van der Waals surface area (Å²) in [5, 5.41) is 11.2. The molecule has 0 radical (unpaired) electrons. The SMILES string of the molecule is CN[C@@H](CCCC(N)=O)C(=O)O.